The number of nitrogens with zero attached hydrogens (tertiary/aromatic N) is 1. The van der Waals surface area contributed by atoms with Crippen molar-refractivity contribution in [2.24, 2.45) is 0 Å². The van der Waals surface area contributed by atoms with Crippen LogP contribution in [0.15, 0.2) is 42.5 Å². The molecule has 0 aliphatic rings. The maximum absolute atomic E-state index is 13.5. The quantitative estimate of drug-likeness (QED) is 0.209. The summed E-state index contributed by atoms with van der Waals surface area (Å²) in [6, 6.07) is 7.92. The van der Waals surface area contributed by atoms with Crippen molar-refractivity contribution in [1.82, 2.24) is 5.32 Å². The van der Waals surface area contributed by atoms with Gasteiger partial charge in [-0.2, -0.15) is 22.0 Å². The van der Waals surface area contributed by atoms with E-state index in [0.717, 1.165) is 10.8 Å². The molecular formula is C20H19F5N3O3+. The monoisotopic (exact) mass is 444 g/mol. The van der Waals surface area contributed by atoms with Gasteiger partial charge in [0.15, 0.2) is 7.05 Å². The van der Waals surface area contributed by atoms with Gasteiger partial charge in [-0.05, 0) is 41.5 Å². The fourth-order valence-electron chi connectivity index (χ4n) is 2.60. The van der Waals surface area contributed by atoms with Crippen LogP contribution in [0.2, 0.25) is 0 Å². The summed E-state index contributed by atoms with van der Waals surface area (Å²) in [5.41, 5.74) is -1.29. The van der Waals surface area contributed by atoms with Crippen LogP contribution in [-0.2, 0) is 5.92 Å². The van der Waals surface area contributed by atoms with Crippen molar-refractivity contribution in [3.63, 3.8) is 0 Å². The van der Waals surface area contributed by atoms with E-state index >= 15 is 0 Å². The molecule has 0 radical (unpaired) electrons. The second-order valence-electron chi connectivity index (χ2n) is 6.57. The summed E-state index contributed by atoms with van der Waals surface area (Å²) in [6.45, 7) is 1.25. The minimum absolute atomic E-state index is 0.00636. The van der Waals surface area contributed by atoms with Crippen molar-refractivity contribution in [2.45, 2.75) is 19.0 Å². The Morgan fingerprint density at radius 1 is 1.03 bits per heavy atom. The molecule has 0 aliphatic carbocycles. The molecule has 6 nitrogen and oxygen atoms in total. The molecule has 166 valence electrons. The van der Waals surface area contributed by atoms with Gasteiger partial charge >= 0.3 is 12.1 Å². The number of anilines is 1. The third-order valence-electron chi connectivity index (χ3n) is 4.23. The Labute approximate surface area is 174 Å². The first kappa shape index (κ1) is 23.8. The second-order valence-corrected chi connectivity index (χ2v) is 6.57. The Hall–Kier alpha value is -3.50. The Morgan fingerprint density at radius 2 is 1.61 bits per heavy atom. The highest BCUT2D eigenvalue weighted by Crippen LogP contribution is 2.44. The van der Waals surface area contributed by atoms with Gasteiger partial charge in [0.25, 0.3) is 11.8 Å². The van der Waals surface area contributed by atoms with E-state index in [1.54, 1.807) is 0 Å². The van der Waals surface area contributed by atoms with Crippen molar-refractivity contribution >= 4 is 23.7 Å². The summed E-state index contributed by atoms with van der Waals surface area (Å²) in [5.74, 6) is -6.40. The summed E-state index contributed by atoms with van der Waals surface area (Å²) in [5, 5.41) is 13.9. The topological polar surface area (TPSA) is 81.4 Å². The van der Waals surface area contributed by atoms with E-state index in [-0.39, 0.29) is 28.9 Å². The number of carbonyl (C=O) groups is 2. The Kier molecular flexibility index (Phi) is 6.98. The summed E-state index contributed by atoms with van der Waals surface area (Å²) in [7, 11) is 1.34. The Morgan fingerprint density at radius 3 is 2.13 bits per heavy atom. The van der Waals surface area contributed by atoms with E-state index in [2.05, 4.69) is 10.6 Å². The molecule has 0 spiro atoms. The highest BCUT2D eigenvalue weighted by molar-refractivity contribution is 6.12. The molecule has 0 fully saturated rings. The first-order valence-electron chi connectivity index (χ1n) is 8.84. The Bertz CT molecular complexity index is 1020. The normalized spacial score (nSPS) is 12.4. The van der Waals surface area contributed by atoms with Crippen LogP contribution in [0.1, 0.15) is 31.8 Å². The highest BCUT2D eigenvalue weighted by atomic mass is 19.4. The zero-order chi connectivity index (χ0) is 23.4. The van der Waals surface area contributed by atoms with Gasteiger partial charge in [0.05, 0.1) is 17.7 Å². The molecule has 0 aliphatic heterocycles. The van der Waals surface area contributed by atoms with Crippen LogP contribution in [0, 0.1) is 6.92 Å². The number of hydrogen-bond acceptors (Lipinski definition) is 3. The Balaban J connectivity index is 2.25. The van der Waals surface area contributed by atoms with E-state index in [4.69, 9.17) is 5.21 Å². The molecule has 2 aromatic carbocycles. The van der Waals surface area contributed by atoms with E-state index in [0.29, 0.717) is 12.1 Å². The van der Waals surface area contributed by atoms with E-state index in [1.807, 2.05) is 0 Å². The van der Waals surface area contributed by atoms with Gasteiger partial charge in [-0.3, -0.25) is 14.8 Å². The van der Waals surface area contributed by atoms with Crippen LogP contribution in [0.4, 0.5) is 27.6 Å². The molecule has 2 rings (SSSR count). The molecule has 31 heavy (non-hydrogen) atoms. The third kappa shape index (κ3) is 5.56. The minimum atomic E-state index is -5.75. The largest absolute Gasteiger partial charge is 0.458 e. The van der Waals surface area contributed by atoms with Crippen molar-refractivity contribution in [3.8, 4) is 0 Å². The zero-order valence-corrected chi connectivity index (χ0v) is 16.4. The number of amides is 2. The van der Waals surface area contributed by atoms with Gasteiger partial charge in [0.1, 0.15) is 0 Å². The third-order valence-corrected chi connectivity index (χ3v) is 4.23. The number of rotatable bonds is 6. The van der Waals surface area contributed by atoms with Crippen LogP contribution >= 0.6 is 0 Å². The predicted molar refractivity (Wildman–Crippen MR) is 102 cm³/mol. The predicted octanol–water partition coefficient (Wildman–Crippen LogP) is 3.73. The first-order chi connectivity index (χ1) is 14.3. The lowest BCUT2D eigenvalue weighted by atomic mass is 10.0. The molecule has 0 atom stereocenters. The van der Waals surface area contributed by atoms with Crippen molar-refractivity contribution in [2.75, 3.05) is 18.9 Å². The van der Waals surface area contributed by atoms with Crippen LogP contribution in [-0.4, -0.2) is 47.7 Å². The average molecular weight is 444 g/mol. The summed E-state index contributed by atoms with van der Waals surface area (Å²) < 4.78 is 65.5. The molecule has 0 aromatic heterocycles. The molecule has 11 heteroatoms. The lowest BCUT2D eigenvalue weighted by molar-refractivity contribution is -0.751. The molecule has 0 saturated heterocycles. The summed E-state index contributed by atoms with van der Waals surface area (Å²) >= 11 is 0. The SMILES string of the molecule is Cc1cc(C(F)(F)C(F)(F)F)ccc1NC(=O)c1ccccc1C(=O)NCC=[N+](C)O. The van der Waals surface area contributed by atoms with Gasteiger partial charge in [0.2, 0.25) is 6.21 Å². The minimum Gasteiger partial charge on any atom is -0.342 e. The highest BCUT2D eigenvalue weighted by Gasteiger charge is 2.58. The van der Waals surface area contributed by atoms with Crippen LogP contribution in [0.5, 0.6) is 0 Å². The molecule has 0 bridgehead atoms. The number of hydroxylamine groups is 1. The molecule has 0 saturated carbocycles. The standard InChI is InChI=1S/C20H18F5N3O3/c1-12-11-13(19(21,22)20(23,24)25)7-8-16(12)27-18(30)15-6-4-3-5-14(15)17(29)26-9-10-28(2)31/h3-8,10-11H,9H2,1-2H3,(H2-,26,27,29,30,31)/p+1. The van der Waals surface area contributed by atoms with E-state index < -0.39 is 29.5 Å². The number of hydrogen-bond donors (Lipinski definition) is 3. The summed E-state index contributed by atoms with van der Waals surface area (Å²) in [6.07, 6.45) is -4.49. The lowest BCUT2D eigenvalue weighted by Gasteiger charge is -2.21. The van der Waals surface area contributed by atoms with Gasteiger partial charge in [-0.1, -0.05) is 18.2 Å². The molecular weight excluding hydrogens is 425 g/mol. The van der Waals surface area contributed by atoms with Crippen LogP contribution < -0.4 is 10.6 Å². The number of carbonyl (C=O) groups excluding carboxylic acids is 2. The van der Waals surface area contributed by atoms with Crippen LogP contribution in [0.3, 0.4) is 0 Å². The smallest absolute Gasteiger partial charge is 0.342 e. The van der Waals surface area contributed by atoms with Crippen molar-refractivity contribution in [3.05, 3.63) is 64.7 Å². The fraction of sp³-hybridized carbons (Fsp3) is 0.250. The summed E-state index contributed by atoms with van der Waals surface area (Å²) in [4.78, 5) is 25.0. The molecule has 2 amide bonds. The number of aryl methyl sites for hydroxylation is 1. The average Bonchev–Trinajstić information content (AvgIpc) is 2.68. The van der Waals surface area contributed by atoms with E-state index in [1.165, 1.54) is 44.5 Å². The first-order valence-corrected chi connectivity index (χ1v) is 8.84. The molecule has 0 heterocycles. The van der Waals surface area contributed by atoms with Crippen LogP contribution in [0.25, 0.3) is 0 Å². The molecule has 0 unspecified atom stereocenters. The number of alkyl halides is 5. The number of halogens is 5. The van der Waals surface area contributed by atoms with Gasteiger partial charge in [0, 0.05) is 11.3 Å². The number of nitrogens with one attached hydrogen (secondary N) is 2. The maximum Gasteiger partial charge on any atom is 0.458 e. The van der Waals surface area contributed by atoms with E-state index in [9.17, 15) is 31.5 Å². The van der Waals surface area contributed by atoms with Crippen molar-refractivity contribution in [1.29, 1.82) is 0 Å². The van der Waals surface area contributed by atoms with Crippen molar-refractivity contribution < 1.29 is 41.5 Å². The lowest BCUT2D eigenvalue weighted by Crippen LogP contribution is -2.33. The van der Waals surface area contributed by atoms with Gasteiger partial charge in [-0.25, -0.2) is 0 Å². The molecule has 2 aromatic rings. The number of benzene rings is 2. The molecule has 3 N–H and O–H groups in total. The fourth-order valence-corrected chi connectivity index (χ4v) is 2.60. The maximum atomic E-state index is 13.5. The van der Waals surface area contributed by atoms with Gasteiger partial charge < -0.3 is 10.6 Å². The second kappa shape index (κ2) is 9.11. The van der Waals surface area contributed by atoms with Gasteiger partial charge in [-0.15, -0.1) is 0 Å². The zero-order valence-electron chi connectivity index (χ0n) is 16.4.